The van der Waals surface area contributed by atoms with Crippen molar-refractivity contribution in [2.75, 3.05) is 26.4 Å². The maximum absolute atomic E-state index is 12.8. The van der Waals surface area contributed by atoms with Crippen LogP contribution in [0.15, 0.2) is 122 Å². The molecular formula is C85H150NO8P. The fourth-order valence-corrected chi connectivity index (χ4v) is 12.2. The number of unbranched alkanes of at least 4 members (excludes halogenated alkanes) is 42. The third-order valence-corrected chi connectivity index (χ3v) is 18.3. The lowest BCUT2D eigenvalue weighted by atomic mass is 10.0. The van der Waals surface area contributed by atoms with Gasteiger partial charge in [-0.25, -0.2) is 4.57 Å². The van der Waals surface area contributed by atoms with Crippen LogP contribution in [0.25, 0.3) is 0 Å². The zero-order chi connectivity index (χ0) is 68.6. The molecule has 9 nitrogen and oxygen atoms in total. The Morgan fingerprint density at radius 2 is 0.579 bits per heavy atom. The van der Waals surface area contributed by atoms with E-state index >= 15 is 0 Å². The van der Waals surface area contributed by atoms with E-state index in [1.165, 1.54) is 238 Å². The molecular weight excluding hydrogens is 1190 g/mol. The highest BCUT2D eigenvalue weighted by molar-refractivity contribution is 7.47. The van der Waals surface area contributed by atoms with Crippen LogP contribution in [0, 0.1) is 0 Å². The van der Waals surface area contributed by atoms with Crippen LogP contribution in [0.5, 0.6) is 0 Å². The molecule has 0 radical (unpaired) electrons. The minimum absolute atomic E-state index is 0.0488. The van der Waals surface area contributed by atoms with Gasteiger partial charge in [-0.2, -0.15) is 0 Å². The van der Waals surface area contributed by atoms with E-state index < -0.39 is 26.5 Å². The Bertz CT molecular complexity index is 1980. The summed E-state index contributed by atoms with van der Waals surface area (Å²) in [5, 5.41) is 0. The summed E-state index contributed by atoms with van der Waals surface area (Å²) in [5.74, 6) is -0.825. The molecule has 2 unspecified atom stereocenters. The Labute approximate surface area is 587 Å². The molecule has 10 heteroatoms. The van der Waals surface area contributed by atoms with Crippen molar-refractivity contribution in [1.29, 1.82) is 0 Å². The molecule has 0 aromatic rings. The Kier molecular flexibility index (Phi) is 76.4. The normalized spacial score (nSPS) is 13.5. The summed E-state index contributed by atoms with van der Waals surface area (Å²) < 4.78 is 33.3. The Morgan fingerprint density at radius 1 is 0.326 bits per heavy atom. The van der Waals surface area contributed by atoms with Gasteiger partial charge < -0.3 is 20.1 Å². The van der Waals surface area contributed by atoms with Gasteiger partial charge in [0.25, 0.3) is 0 Å². The van der Waals surface area contributed by atoms with E-state index in [-0.39, 0.29) is 38.6 Å². The lowest BCUT2D eigenvalue weighted by Gasteiger charge is -2.19. The fraction of sp³-hybridized carbons (Fsp3) is 0.741. The second-order valence-corrected chi connectivity index (χ2v) is 28.0. The lowest BCUT2D eigenvalue weighted by Crippen LogP contribution is -2.29. The van der Waals surface area contributed by atoms with Crippen LogP contribution in [0.4, 0.5) is 0 Å². The van der Waals surface area contributed by atoms with Gasteiger partial charge >= 0.3 is 19.8 Å². The van der Waals surface area contributed by atoms with Crippen molar-refractivity contribution in [3.8, 4) is 0 Å². The van der Waals surface area contributed by atoms with Crippen LogP contribution in [-0.2, 0) is 32.7 Å². The molecule has 0 amide bonds. The molecule has 0 bridgehead atoms. The van der Waals surface area contributed by atoms with Gasteiger partial charge in [0.1, 0.15) is 6.61 Å². The Hall–Kier alpha value is -3.59. The van der Waals surface area contributed by atoms with Crippen LogP contribution in [0.1, 0.15) is 373 Å². The minimum Gasteiger partial charge on any atom is -0.462 e. The predicted octanol–water partition coefficient (Wildman–Crippen LogP) is 27.0. The number of esters is 2. The summed E-state index contributed by atoms with van der Waals surface area (Å²) in [6.07, 6.45) is 112. The van der Waals surface area contributed by atoms with Crippen LogP contribution < -0.4 is 5.73 Å². The molecule has 2 atom stereocenters. The molecule has 0 rings (SSSR count). The first kappa shape index (κ1) is 91.4. The molecule has 0 saturated carbocycles. The molecule has 0 aromatic carbocycles. The molecule has 0 aliphatic carbocycles. The number of nitrogens with two attached hydrogens (primary N) is 1. The highest BCUT2D eigenvalue weighted by atomic mass is 31.2. The van der Waals surface area contributed by atoms with Crippen LogP contribution in [0.3, 0.4) is 0 Å². The number of hydrogen-bond donors (Lipinski definition) is 2. The first-order valence-corrected chi connectivity index (χ1v) is 41.5. The van der Waals surface area contributed by atoms with E-state index in [2.05, 4.69) is 135 Å². The van der Waals surface area contributed by atoms with Crippen molar-refractivity contribution in [2.24, 2.45) is 5.73 Å². The smallest absolute Gasteiger partial charge is 0.462 e. The first-order valence-electron chi connectivity index (χ1n) is 40.0. The number of carbonyl (C=O) groups is 2. The second-order valence-electron chi connectivity index (χ2n) is 26.6. The molecule has 548 valence electrons. The number of phosphoric acid groups is 1. The summed E-state index contributed by atoms with van der Waals surface area (Å²) in [5.41, 5.74) is 5.41. The van der Waals surface area contributed by atoms with Crippen molar-refractivity contribution < 1.29 is 37.6 Å². The highest BCUT2D eigenvalue weighted by Crippen LogP contribution is 2.43. The average Bonchev–Trinajstić information content (AvgIpc) is 2.64. The van der Waals surface area contributed by atoms with Crippen molar-refractivity contribution in [2.45, 2.75) is 380 Å². The minimum atomic E-state index is -4.40. The number of phosphoric ester groups is 1. The highest BCUT2D eigenvalue weighted by Gasteiger charge is 2.26. The van der Waals surface area contributed by atoms with Gasteiger partial charge in [-0.3, -0.25) is 18.6 Å². The van der Waals surface area contributed by atoms with Crippen molar-refractivity contribution in [3.63, 3.8) is 0 Å². The number of hydrogen-bond acceptors (Lipinski definition) is 8. The Balaban J connectivity index is 3.85. The zero-order valence-corrected chi connectivity index (χ0v) is 62.8. The summed E-state index contributed by atoms with van der Waals surface area (Å²) in [6, 6.07) is 0. The van der Waals surface area contributed by atoms with E-state index in [0.29, 0.717) is 6.42 Å². The maximum Gasteiger partial charge on any atom is 0.472 e. The van der Waals surface area contributed by atoms with E-state index in [4.69, 9.17) is 24.3 Å². The maximum atomic E-state index is 12.8. The van der Waals surface area contributed by atoms with Crippen molar-refractivity contribution >= 4 is 19.8 Å². The van der Waals surface area contributed by atoms with Gasteiger partial charge in [0.15, 0.2) is 6.10 Å². The number of allylic oxidation sites excluding steroid dienone is 20. The quantitative estimate of drug-likeness (QED) is 0.0264. The summed E-state index contributed by atoms with van der Waals surface area (Å²) in [7, 11) is -4.40. The van der Waals surface area contributed by atoms with E-state index in [1.54, 1.807) is 0 Å². The largest absolute Gasteiger partial charge is 0.472 e. The second kappa shape index (κ2) is 79.4. The summed E-state index contributed by atoms with van der Waals surface area (Å²) in [6.45, 7) is 3.66. The molecule has 3 N–H and O–H groups in total. The van der Waals surface area contributed by atoms with Crippen LogP contribution in [0.2, 0.25) is 0 Å². The van der Waals surface area contributed by atoms with Crippen molar-refractivity contribution in [1.82, 2.24) is 0 Å². The predicted molar refractivity (Wildman–Crippen MR) is 413 cm³/mol. The number of ether oxygens (including phenoxy) is 2. The van der Waals surface area contributed by atoms with E-state index in [1.807, 2.05) is 0 Å². The summed E-state index contributed by atoms with van der Waals surface area (Å²) >= 11 is 0. The fourth-order valence-electron chi connectivity index (χ4n) is 11.5. The molecule has 0 aromatic heterocycles. The Morgan fingerprint density at radius 3 is 0.874 bits per heavy atom. The third kappa shape index (κ3) is 79.3. The first-order chi connectivity index (χ1) is 46.8. The van der Waals surface area contributed by atoms with Gasteiger partial charge in [-0.15, -0.1) is 0 Å². The van der Waals surface area contributed by atoms with E-state index in [9.17, 15) is 19.0 Å². The van der Waals surface area contributed by atoms with Crippen molar-refractivity contribution in [3.05, 3.63) is 122 Å². The standard InChI is InChI=1S/C85H150NO8P/c1-3-5-7-9-11-13-15-17-19-21-23-25-27-29-31-33-35-37-39-41-43-45-47-49-51-53-55-57-59-61-63-65-67-69-71-73-75-77-84(87)91-81-83(82-93-95(89,90)92-80-79-86)94-85(88)78-76-74-72-70-68-66-64-62-60-58-56-54-52-50-48-46-44-42-40-38-36-34-32-30-28-26-24-22-20-18-16-14-12-10-8-6-4-2/h6,8,12,14,18,20-21,23-24,26,30,32,36,38,42,44,48,50,54,56,83H,3-5,7,9-11,13,15-17,19,22,25,27-29,31,33-35,37,39-41,43,45-47,49,51-53,55,57-82,86H2,1-2H3,(H,89,90)/b8-6-,14-12-,20-18-,23-21-,26-24-,32-30-,38-36-,44-42-,50-48-,56-54-. The topological polar surface area (TPSA) is 134 Å². The molecule has 0 aliphatic heterocycles. The molecule has 0 fully saturated rings. The lowest BCUT2D eigenvalue weighted by molar-refractivity contribution is -0.161. The van der Waals surface area contributed by atoms with E-state index in [0.717, 1.165) is 103 Å². The summed E-state index contributed by atoms with van der Waals surface area (Å²) in [4.78, 5) is 35.5. The van der Waals surface area contributed by atoms with Crippen LogP contribution in [-0.4, -0.2) is 49.3 Å². The number of carbonyl (C=O) groups excluding carboxylic acids is 2. The number of rotatable bonds is 75. The third-order valence-electron chi connectivity index (χ3n) is 17.3. The molecule has 0 saturated heterocycles. The van der Waals surface area contributed by atoms with Gasteiger partial charge in [0, 0.05) is 19.4 Å². The molecule has 0 heterocycles. The monoisotopic (exact) mass is 1340 g/mol. The molecule has 95 heavy (non-hydrogen) atoms. The van der Waals surface area contributed by atoms with Crippen LogP contribution >= 0.6 is 7.82 Å². The van der Waals surface area contributed by atoms with Gasteiger partial charge in [-0.05, 0) is 109 Å². The van der Waals surface area contributed by atoms with Gasteiger partial charge in [0.05, 0.1) is 13.2 Å². The average molecular weight is 1350 g/mol. The van der Waals surface area contributed by atoms with Gasteiger partial charge in [0.2, 0.25) is 0 Å². The molecule has 0 spiro atoms. The van der Waals surface area contributed by atoms with Gasteiger partial charge in [-0.1, -0.05) is 373 Å². The zero-order valence-electron chi connectivity index (χ0n) is 61.9. The molecule has 0 aliphatic rings. The SMILES string of the molecule is CC/C=C\C/C=C\C/C=C\C/C=C\C/C=C\C/C=C\C/C=C\C/C=C\C/C=C\CCCCCCCCCCCC(=O)OC(COC(=O)CCCCCCCCCCCCCCCCCCCCCCCCCCC/C=C\CCCCCCCCCC)COP(=O)(O)OCCN.